The summed E-state index contributed by atoms with van der Waals surface area (Å²) in [7, 11) is 3.64. The number of hydrogen-bond acceptors (Lipinski definition) is 4. The number of methoxy groups -OCH3 is 1. The number of hydrogen-bond donors (Lipinski definition) is 2. The average Bonchev–Trinajstić information content (AvgIpc) is 2.62. The predicted octanol–water partition coefficient (Wildman–Crippen LogP) is 3.74. The summed E-state index contributed by atoms with van der Waals surface area (Å²) in [6.45, 7) is 3.30. The standard InChI is InChI=1S/C19H25BrN2O2/c1-21-9-6-10-22-13-16-11-18(23-2)19(12-17(16)20)24-14-15-7-4-3-5-8-15/h3-5,7-8,11-12,21-22H,6,9-10,13-14H2,1-2H3. The summed E-state index contributed by atoms with van der Waals surface area (Å²) in [6, 6.07) is 14.1. The largest absolute Gasteiger partial charge is 0.493 e. The molecule has 2 aromatic rings. The molecule has 0 heterocycles. The van der Waals surface area contributed by atoms with Crippen LogP contribution >= 0.6 is 15.9 Å². The van der Waals surface area contributed by atoms with Crippen LogP contribution in [-0.4, -0.2) is 27.2 Å². The quantitative estimate of drug-likeness (QED) is 0.604. The Bertz CT molecular complexity index is 620. The van der Waals surface area contributed by atoms with Crippen molar-refractivity contribution in [2.24, 2.45) is 0 Å². The lowest BCUT2D eigenvalue weighted by Crippen LogP contribution is -2.19. The molecule has 0 aliphatic rings. The van der Waals surface area contributed by atoms with E-state index in [0.717, 1.165) is 53.2 Å². The van der Waals surface area contributed by atoms with Crippen LogP contribution in [0.3, 0.4) is 0 Å². The topological polar surface area (TPSA) is 42.5 Å². The van der Waals surface area contributed by atoms with Crippen molar-refractivity contribution in [3.05, 3.63) is 58.1 Å². The Morgan fingerprint density at radius 2 is 1.83 bits per heavy atom. The van der Waals surface area contributed by atoms with Crippen LogP contribution in [0.15, 0.2) is 46.9 Å². The highest BCUT2D eigenvalue weighted by molar-refractivity contribution is 9.10. The zero-order chi connectivity index (χ0) is 17.2. The molecule has 0 atom stereocenters. The van der Waals surface area contributed by atoms with Gasteiger partial charge >= 0.3 is 0 Å². The van der Waals surface area contributed by atoms with Crippen molar-refractivity contribution in [2.45, 2.75) is 19.6 Å². The molecule has 0 saturated heterocycles. The number of rotatable bonds is 10. The van der Waals surface area contributed by atoms with Crippen LogP contribution in [0.2, 0.25) is 0 Å². The monoisotopic (exact) mass is 392 g/mol. The van der Waals surface area contributed by atoms with Crippen molar-refractivity contribution < 1.29 is 9.47 Å². The summed E-state index contributed by atoms with van der Waals surface area (Å²) in [5.41, 5.74) is 2.29. The summed E-state index contributed by atoms with van der Waals surface area (Å²) >= 11 is 3.63. The maximum absolute atomic E-state index is 5.92. The van der Waals surface area contributed by atoms with Crippen molar-refractivity contribution in [1.29, 1.82) is 0 Å². The third kappa shape index (κ3) is 5.82. The fourth-order valence-corrected chi connectivity index (χ4v) is 2.80. The molecule has 0 aliphatic heterocycles. The van der Waals surface area contributed by atoms with Crippen LogP contribution < -0.4 is 20.1 Å². The Balaban J connectivity index is 1.98. The van der Waals surface area contributed by atoms with Crippen LogP contribution in [0.4, 0.5) is 0 Å². The molecule has 0 saturated carbocycles. The van der Waals surface area contributed by atoms with Gasteiger partial charge in [-0.15, -0.1) is 0 Å². The van der Waals surface area contributed by atoms with Crippen LogP contribution in [0.5, 0.6) is 11.5 Å². The minimum atomic E-state index is 0.519. The van der Waals surface area contributed by atoms with Gasteiger partial charge in [-0.25, -0.2) is 0 Å². The maximum atomic E-state index is 5.92. The van der Waals surface area contributed by atoms with Gasteiger partial charge in [-0.1, -0.05) is 46.3 Å². The summed E-state index contributed by atoms with van der Waals surface area (Å²) in [5.74, 6) is 1.49. The molecule has 130 valence electrons. The molecule has 0 bridgehead atoms. The van der Waals surface area contributed by atoms with Gasteiger partial charge in [0.15, 0.2) is 11.5 Å². The fourth-order valence-electron chi connectivity index (χ4n) is 2.33. The second-order valence-corrected chi connectivity index (χ2v) is 6.36. The van der Waals surface area contributed by atoms with Gasteiger partial charge in [0.2, 0.25) is 0 Å². The summed E-state index contributed by atoms with van der Waals surface area (Å²) < 4.78 is 12.4. The molecule has 2 rings (SSSR count). The van der Waals surface area contributed by atoms with Crippen molar-refractivity contribution in [2.75, 3.05) is 27.2 Å². The lowest BCUT2D eigenvalue weighted by Gasteiger charge is -2.14. The predicted molar refractivity (Wildman–Crippen MR) is 102 cm³/mol. The molecule has 5 heteroatoms. The lowest BCUT2D eigenvalue weighted by molar-refractivity contribution is 0.284. The lowest BCUT2D eigenvalue weighted by atomic mass is 10.2. The van der Waals surface area contributed by atoms with Gasteiger partial charge in [-0.3, -0.25) is 0 Å². The normalized spacial score (nSPS) is 10.6. The molecule has 0 fully saturated rings. The van der Waals surface area contributed by atoms with E-state index in [4.69, 9.17) is 9.47 Å². The molecule has 4 nitrogen and oxygen atoms in total. The Hall–Kier alpha value is -1.56. The molecular formula is C19H25BrN2O2. The highest BCUT2D eigenvalue weighted by Gasteiger charge is 2.10. The Labute approximate surface area is 152 Å². The van der Waals surface area contributed by atoms with Gasteiger partial charge in [0, 0.05) is 11.0 Å². The van der Waals surface area contributed by atoms with Gasteiger partial charge in [-0.2, -0.15) is 0 Å². The molecular weight excluding hydrogens is 368 g/mol. The molecule has 24 heavy (non-hydrogen) atoms. The van der Waals surface area contributed by atoms with E-state index < -0.39 is 0 Å². The first-order valence-corrected chi connectivity index (χ1v) is 8.92. The van der Waals surface area contributed by atoms with E-state index in [2.05, 4.69) is 26.6 Å². The molecule has 0 aliphatic carbocycles. The third-order valence-electron chi connectivity index (χ3n) is 3.67. The van der Waals surface area contributed by atoms with Crippen LogP contribution in [-0.2, 0) is 13.2 Å². The van der Waals surface area contributed by atoms with Crippen LogP contribution in [0.1, 0.15) is 17.5 Å². The van der Waals surface area contributed by atoms with Crippen molar-refractivity contribution in [3.63, 3.8) is 0 Å². The molecule has 0 radical (unpaired) electrons. The smallest absolute Gasteiger partial charge is 0.162 e. The third-order valence-corrected chi connectivity index (χ3v) is 4.40. The van der Waals surface area contributed by atoms with Gasteiger partial charge in [-0.05, 0) is 49.8 Å². The number of halogens is 1. The Morgan fingerprint density at radius 3 is 2.54 bits per heavy atom. The van der Waals surface area contributed by atoms with Crippen molar-refractivity contribution in [3.8, 4) is 11.5 Å². The van der Waals surface area contributed by atoms with Crippen LogP contribution in [0.25, 0.3) is 0 Å². The van der Waals surface area contributed by atoms with E-state index in [1.807, 2.05) is 49.5 Å². The molecule has 0 unspecified atom stereocenters. The van der Waals surface area contributed by atoms with Crippen LogP contribution in [0, 0.1) is 0 Å². The minimum absolute atomic E-state index is 0.519. The van der Waals surface area contributed by atoms with Gasteiger partial charge in [0.25, 0.3) is 0 Å². The summed E-state index contributed by atoms with van der Waals surface area (Å²) in [4.78, 5) is 0. The number of ether oxygens (including phenoxy) is 2. The van der Waals surface area contributed by atoms with Gasteiger partial charge < -0.3 is 20.1 Å². The Morgan fingerprint density at radius 1 is 1.04 bits per heavy atom. The SMILES string of the molecule is CNCCCNCc1cc(OC)c(OCc2ccccc2)cc1Br. The average molecular weight is 393 g/mol. The number of nitrogens with one attached hydrogen (secondary N) is 2. The Kier molecular flexibility index (Phi) is 8.08. The highest BCUT2D eigenvalue weighted by atomic mass is 79.9. The fraction of sp³-hybridized carbons (Fsp3) is 0.368. The first-order valence-electron chi connectivity index (χ1n) is 8.13. The maximum Gasteiger partial charge on any atom is 0.162 e. The van der Waals surface area contributed by atoms with E-state index in [9.17, 15) is 0 Å². The molecule has 2 N–H and O–H groups in total. The van der Waals surface area contributed by atoms with Crippen molar-refractivity contribution in [1.82, 2.24) is 10.6 Å². The first-order chi connectivity index (χ1) is 11.7. The van der Waals surface area contributed by atoms with E-state index in [0.29, 0.717) is 6.61 Å². The number of benzene rings is 2. The summed E-state index contributed by atoms with van der Waals surface area (Å²) in [5, 5.41) is 6.58. The zero-order valence-electron chi connectivity index (χ0n) is 14.3. The highest BCUT2D eigenvalue weighted by Crippen LogP contribution is 2.34. The van der Waals surface area contributed by atoms with Crippen molar-refractivity contribution >= 4 is 15.9 Å². The van der Waals surface area contributed by atoms with E-state index in [-0.39, 0.29) is 0 Å². The van der Waals surface area contributed by atoms with E-state index in [1.165, 1.54) is 0 Å². The molecule has 0 aromatic heterocycles. The van der Waals surface area contributed by atoms with Gasteiger partial charge in [0.05, 0.1) is 7.11 Å². The van der Waals surface area contributed by atoms with Gasteiger partial charge in [0.1, 0.15) is 6.61 Å². The van der Waals surface area contributed by atoms with E-state index in [1.54, 1.807) is 7.11 Å². The second kappa shape index (κ2) is 10.3. The molecule has 2 aromatic carbocycles. The zero-order valence-corrected chi connectivity index (χ0v) is 15.9. The molecule has 0 amide bonds. The first kappa shape index (κ1) is 18.8. The van der Waals surface area contributed by atoms with E-state index >= 15 is 0 Å². The minimum Gasteiger partial charge on any atom is -0.493 e. The molecule has 0 spiro atoms. The summed E-state index contributed by atoms with van der Waals surface area (Å²) in [6.07, 6.45) is 1.10. The second-order valence-electron chi connectivity index (χ2n) is 5.50.